The number of para-hydroxylation sites is 1. The van der Waals surface area contributed by atoms with Crippen LogP contribution >= 0.6 is 11.8 Å². The first-order chi connectivity index (χ1) is 13.5. The predicted octanol–water partition coefficient (Wildman–Crippen LogP) is 6.57. The molecule has 4 heteroatoms. The molecule has 0 aliphatic heterocycles. The maximum absolute atomic E-state index is 4.94. The number of fused-ring (bicyclic) bond motifs is 1. The van der Waals surface area contributed by atoms with E-state index in [0.29, 0.717) is 12.0 Å². The molecule has 3 unspecified atom stereocenters. The molecule has 1 fully saturated rings. The van der Waals surface area contributed by atoms with Crippen molar-refractivity contribution in [3.63, 3.8) is 0 Å². The Morgan fingerprint density at radius 1 is 0.893 bits per heavy atom. The van der Waals surface area contributed by atoms with Crippen molar-refractivity contribution in [2.45, 2.75) is 56.6 Å². The summed E-state index contributed by atoms with van der Waals surface area (Å²) in [4.78, 5) is 10.9. The Labute approximate surface area is 172 Å². The smallest absolute Gasteiger partial charge is 0.194 e. The molecule has 2 aromatic carbocycles. The monoisotopic (exact) mass is 391 g/mol. The second-order valence-corrected chi connectivity index (χ2v) is 9.49. The van der Waals surface area contributed by atoms with Crippen LogP contribution < -0.4 is 5.32 Å². The summed E-state index contributed by atoms with van der Waals surface area (Å²) in [6.07, 6.45) is 2.47. The van der Waals surface area contributed by atoms with Gasteiger partial charge in [0.1, 0.15) is 5.82 Å². The van der Waals surface area contributed by atoms with Crippen molar-refractivity contribution in [3.8, 4) is 0 Å². The molecule has 3 aromatic rings. The fraction of sp³-hybridized carbons (Fsp3) is 0.417. The molecule has 3 nitrogen and oxygen atoms in total. The van der Waals surface area contributed by atoms with Gasteiger partial charge in [0.05, 0.1) is 5.52 Å². The van der Waals surface area contributed by atoms with Gasteiger partial charge in [-0.05, 0) is 73.5 Å². The van der Waals surface area contributed by atoms with Crippen molar-refractivity contribution in [2.75, 3.05) is 5.32 Å². The molecule has 0 amide bonds. The van der Waals surface area contributed by atoms with E-state index in [1.54, 1.807) is 11.8 Å². The SMILES string of the molecule is Cc1cccc(Sc2nc(NC3CC(C)C(C)C[C@H]3C)c3ccccc3n2)c1. The number of aryl methyl sites for hydroxylation is 1. The lowest BCUT2D eigenvalue weighted by Gasteiger charge is -2.38. The molecule has 4 rings (SSSR count). The van der Waals surface area contributed by atoms with Crippen molar-refractivity contribution in [3.05, 3.63) is 54.1 Å². The third-order valence-electron chi connectivity index (χ3n) is 6.13. The maximum atomic E-state index is 4.94. The highest BCUT2D eigenvalue weighted by Crippen LogP contribution is 2.36. The maximum Gasteiger partial charge on any atom is 0.194 e. The van der Waals surface area contributed by atoms with E-state index in [1.165, 1.54) is 23.3 Å². The zero-order chi connectivity index (χ0) is 19.7. The summed E-state index contributed by atoms with van der Waals surface area (Å²) in [5, 5.41) is 5.71. The van der Waals surface area contributed by atoms with E-state index in [9.17, 15) is 0 Å². The van der Waals surface area contributed by atoms with Crippen LogP contribution in [-0.2, 0) is 0 Å². The van der Waals surface area contributed by atoms with Gasteiger partial charge in [-0.2, -0.15) is 0 Å². The largest absolute Gasteiger partial charge is 0.366 e. The molecule has 0 saturated heterocycles. The van der Waals surface area contributed by atoms with Crippen LogP contribution in [-0.4, -0.2) is 16.0 Å². The molecule has 0 spiro atoms. The van der Waals surface area contributed by atoms with Crippen LogP contribution in [0.15, 0.2) is 58.6 Å². The molecule has 1 heterocycles. The van der Waals surface area contributed by atoms with Crippen molar-refractivity contribution in [1.82, 2.24) is 9.97 Å². The number of aromatic nitrogens is 2. The summed E-state index contributed by atoms with van der Waals surface area (Å²) in [7, 11) is 0. The lowest BCUT2D eigenvalue weighted by atomic mass is 9.73. The topological polar surface area (TPSA) is 37.8 Å². The molecule has 146 valence electrons. The first kappa shape index (κ1) is 19.3. The van der Waals surface area contributed by atoms with E-state index in [-0.39, 0.29) is 0 Å². The first-order valence-corrected chi connectivity index (χ1v) is 11.1. The van der Waals surface area contributed by atoms with Gasteiger partial charge in [0, 0.05) is 16.3 Å². The zero-order valence-electron chi connectivity index (χ0n) is 17.1. The molecule has 28 heavy (non-hydrogen) atoms. The number of rotatable bonds is 4. The Balaban J connectivity index is 1.66. The van der Waals surface area contributed by atoms with Gasteiger partial charge >= 0.3 is 0 Å². The molecule has 0 radical (unpaired) electrons. The highest BCUT2D eigenvalue weighted by molar-refractivity contribution is 7.99. The standard InChI is InChI=1S/C24H29N3S/c1-15-8-7-9-19(12-15)28-24-26-21-11-6-5-10-20(21)23(27-24)25-22-14-17(3)16(2)13-18(22)4/h5-12,16-18,22H,13-14H2,1-4H3,(H,25,26,27)/t16?,17?,18-,22?/m1/s1. The number of hydrogen-bond acceptors (Lipinski definition) is 4. The van der Waals surface area contributed by atoms with Crippen LogP contribution in [0.5, 0.6) is 0 Å². The number of hydrogen-bond donors (Lipinski definition) is 1. The summed E-state index contributed by atoms with van der Waals surface area (Å²) in [5.74, 6) is 3.15. The minimum Gasteiger partial charge on any atom is -0.366 e. The van der Waals surface area contributed by atoms with E-state index in [1.807, 2.05) is 6.07 Å². The Morgan fingerprint density at radius 3 is 2.50 bits per heavy atom. The molecule has 1 aromatic heterocycles. The zero-order valence-corrected chi connectivity index (χ0v) is 18.0. The Bertz CT molecular complexity index is 971. The van der Waals surface area contributed by atoms with Gasteiger partial charge in [-0.25, -0.2) is 9.97 Å². The van der Waals surface area contributed by atoms with Gasteiger partial charge in [0.15, 0.2) is 5.16 Å². The normalized spacial score (nSPS) is 25.0. The van der Waals surface area contributed by atoms with Gasteiger partial charge in [0.25, 0.3) is 0 Å². The quantitative estimate of drug-likeness (QED) is 0.510. The van der Waals surface area contributed by atoms with E-state index in [2.05, 4.69) is 75.5 Å². The van der Waals surface area contributed by atoms with Crippen LogP contribution in [0.2, 0.25) is 0 Å². The average molecular weight is 392 g/mol. The van der Waals surface area contributed by atoms with Crippen molar-refractivity contribution in [2.24, 2.45) is 17.8 Å². The van der Waals surface area contributed by atoms with Gasteiger partial charge in [-0.15, -0.1) is 0 Å². The van der Waals surface area contributed by atoms with Crippen molar-refractivity contribution >= 4 is 28.5 Å². The summed E-state index contributed by atoms with van der Waals surface area (Å²) >= 11 is 1.63. The molecule has 1 N–H and O–H groups in total. The van der Waals surface area contributed by atoms with E-state index in [4.69, 9.17) is 9.97 Å². The molecular weight excluding hydrogens is 362 g/mol. The van der Waals surface area contributed by atoms with Crippen LogP contribution in [0, 0.1) is 24.7 Å². The minimum atomic E-state index is 0.460. The fourth-order valence-electron chi connectivity index (χ4n) is 4.22. The van der Waals surface area contributed by atoms with Crippen LogP contribution in [0.1, 0.15) is 39.2 Å². The van der Waals surface area contributed by atoms with Crippen LogP contribution in [0.4, 0.5) is 5.82 Å². The van der Waals surface area contributed by atoms with E-state index >= 15 is 0 Å². The molecule has 1 aliphatic rings. The summed E-state index contributed by atoms with van der Waals surface area (Å²) in [6.45, 7) is 9.24. The third-order valence-corrected chi connectivity index (χ3v) is 6.99. The molecule has 4 atom stereocenters. The Kier molecular flexibility index (Phi) is 5.58. The second-order valence-electron chi connectivity index (χ2n) is 8.44. The lowest BCUT2D eigenvalue weighted by Crippen LogP contribution is -2.37. The first-order valence-electron chi connectivity index (χ1n) is 10.3. The van der Waals surface area contributed by atoms with Crippen LogP contribution in [0.3, 0.4) is 0 Å². The number of benzene rings is 2. The van der Waals surface area contributed by atoms with Crippen molar-refractivity contribution < 1.29 is 0 Å². The Morgan fingerprint density at radius 2 is 1.68 bits per heavy atom. The third kappa shape index (κ3) is 4.17. The highest BCUT2D eigenvalue weighted by Gasteiger charge is 2.30. The molecular formula is C24H29N3S. The molecule has 1 aliphatic carbocycles. The summed E-state index contributed by atoms with van der Waals surface area (Å²) in [6, 6.07) is 17.3. The second kappa shape index (κ2) is 8.12. The number of anilines is 1. The lowest BCUT2D eigenvalue weighted by molar-refractivity contribution is 0.202. The van der Waals surface area contributed by atoms with Gasteiger partial charge in [0.2, 0.25) is 0 Å². The molecule has 1 saturated carbocycles. The average Bonchev–Trinajstić information content (AvgIpc) is 2.66. The fourth-order valence-corrected chi connectivity index (χ4v) is 5.10. The summed E-state index contributed by atoms with van der Waals surface area (Å²) in [5.41, 5.74) is 2.25. The Hall–Kier alpha value is -2.07. The van der Waals surface area contributed by atoms with Gasteiger partial charge in [-0.1, -0.05) is 50.6 Å². The van der Waals surface area contributed by atoms with E-state index in [0.717, 1.165) is 33.7 Å². The predicted molar refractivity (Wildman–Crippen MR) is 119 cm³/mol. The minimum absolute atomic E-state index is 0.460. The molecule has 0 bridgehead atoms. The van der Waals surface area contributed by atoms with E-state index < -0.39 is 0 Å². The van der Waals surface area contributed by atoms with Gasteiger partial charge in [-0.3, -0.25) is 0 Å². The number of nitrogens with one attached hydrogen (secondary N) is 1. The number of nitrogens with zero attached hydrogens (tertiary/aromatic N) is 2. The van der Waals surface area contributed by atoms with Gasteiger partial charge < -0.3 is 5.32 Å². The van der Waals surface area contributed by atoms with Crippen molar-refractivity contribution in [1.29, 1.82) is 0 Å². The highest BCUT2D eigenvalue weighted by atomic mass is 32.2. The van der Waals surface area contributed by atoms with Crippen LogP contribution in [0.25, 0.3) is 10.9 Å². The summed E-state index contributed by atoms with van der Waals surface area (Å²) < 4.78 is 0.